The lowest BCUT2D eigenvalue weighted by Crippen LogP contribution is -2.27. The summed E-state index contributed by atoms with van der Waals surface area (Å²) in [5.41, 5.74) is 0. The minimum absolute atomic E-state index is 0.649. The summed E-state index contributed by atoms with van der Waals surface area (Å²) < 4.78 is 0. The van der Waals surface area contributed by atoms with Crippen molar-refractivity contribution in [2.24, 2.45) is 5.92 Å². The lowest BCUT2D eigenvalue weighted by molar-refractivity contribution is 0.492. The number of rotatable bonds is 3. The second-order valence-electron chi connectivity index (χ2n) is 3.18. The van der Waals surface area contributed by atoms with Gasteiger partial charge in [-0.3, -0.25) is 0 Å². The van der Waals surface area contributed by atoms with Crippen molar-refractivity contribution < 1.29 is 0 Å². The van der Waals surface area contributed by atoms with Crippen LogP contribution in [0, 0.1) is 5.92 Å². The minimum atomic E-state index is 0.649. The van der Waals surface area contributed by atoms with Crippen molar-refractivity contribution in [1.29, 1.82) is 0 Å². The van der Waals surface area contributed by atoms with Crippen LogP contribution in [0.15, 0.2) is 24.8 Å². The standard InChI is InChI=1S/C10H17N/c1-3-4-6-9(2)10-7-5-8-11-10/h3-4,6,9-11H,1,5,7-8H2,2H3. The Balaban J connectivity index is 2.33. The third-order valence-corrected chi connectivity index (χ3v) is 2.28. The summed E-state index contributed by atoms with van der Waals surface area (Å²) >= 11 is 0. The molecule has 1 rings (SSSR count). The van der Waals surface area contributed by atoms with E-state index in [1.807, 2.05) is 12.2 Å². The highest BCUT2D eigenvalue weighted by atomic mass is 14.9. The highest BCUT2D eigenvalue weighted by molar-refractivity contribution is 5.02. The molecule has 0 saturated carbocycles. The Morgan fingerprint density at radius 3 is 3.00 bits per heavy atom. The first-order valence-corrected chi connectivity index (χ1v) is 4.37. The van der Waals surface area contributed by atoms with E-state index in [0.717, 1.165) is 0 Å². The molecule has 2 unspecified atom stereocenters. The van der Waals surface area contributed by atoms with Crippen LogP contribution < -0.4 is 5.32 Å². The lowest BCUT2D eigenvalue weighted by atomic mass is 10.0. The van der Waals surface area contributed by atoms with E-state index in [2.05, 4.69) is 24.9 Å². The summed E-state index contributed by atoms with van der Waals surface area (Å²) in [5, 5.41) is 3.48. The Labute approximate surface area is 69.2 Å². The maximum atomic E-state index is 3.65. The molecule has 0 amide bonds. The van der Waals surface area contributed by atoms with Crippen LogP contribution in [0.5, 0.6) is 0 Å². The third kappa shape index (κ3) is 2.51. The van der Waals surface area contributed by atoms with Gasteiger partial charge in [0.1, 0.15) is 0 Å². The Kier molecular flexibility index (Phi) is 3.37. The topological polar surface area (TPSA) is 12.0 Å². The first-order chi connectivity index (χ1) is 5.34. The maximum Gasteiger partial charge on any atom is 0.0128 e. The van der Waals surface area contributed by atoms with Crippen LogP contribution in [0.1, 0.15) is 19.8 Å². The summed E-state index contributed by atoms with van der Waals surface area (Å²) in [4.78, 5) is 0. The van der Waals surface area contributed by atoms with Gasteiger partial charge in [-0.05, 0) is 25.3 Å². The van der Waals surface area contributed by atoms with Crippen molar-refractivity contribution in [2.45, 2.75) is 25.8 Å². The van der Waals surface area contributed by atoms with Crippen LogP contribution in [0.4, 0.5) is 0 Å². The molecule has 1 heteroatoms. The maximum absolute atomic E-state index is 3.65. The Bertz CT molecular complexity index is 143. The molecular weight excluding hydrogens is 134 g/mol. The molecule has 0 aliphatic carbocycles. The van der Waals surface area contributed by atoms with Crippen LogP contribution in [-0.4, -0.2) is 12.6 Å². The normalized spacial score (nSPS) is 27.5. The minimum Gasteiger partial charge on any atom is -0.313 e. The van der Waals surface area contributed by atoms with Crippen molar-refractivity contribution in [2.75, 3.05) is 6.54 Å². The van der Waals surface area contributed by atoms with Crippen molar-refractivity contribution in [3.05, 3.63) is 24.8 Å². The van der Waals surface area contributed by atoms with Crippen molar-refractivity contribution in [1.82, 2.24) is 5.32 Å². The monoisotopic (exact) mass is 151 g/mol. The van der Waals surface area contributed by atoms with Crippen molar-refractivity contribution in [3.63, 3.8) is 0 Å². The molecular formula is C10H17N. The molecule has 1 aliphatic rings. The molecule has 0 radical (unpaired) electrons. The van der Waals surface area contributed by atoms with E-state index in [1.54, 1.807) is 0 Å². The molecule has 0 aromatic heterocycles. The summed E-state index contributed by atoms with van der Waals surface area (Å²) in [7, 11) is 0. The molecule has 1 fully saturated rings. The lowest BCUT2D eigenvalue weighted by Gasteiger charge is -2.14. The average Bonchev–Trinajstić information content (AvgIpc) is 2.52. The molecule has 1 heterocycles. The first kappa shape index (κ1) is 8.54. The van der Waals surface area contributed by atoms with Gasteiger partial charge in [-0.25, -0.2) is 0 Å². The molecule has 0 aromatic rings. The van der Waals surface area contributed by atoms with E-state index in [1.165, 1.54) is 19.4 Å². The molecule has 1 aliphatic heterocycles. The number of hydrogen-bond donors (Lipinski definition) is 1. The van der Waals surface area contributed by atoms with Crippen LogP contribution in [0.25, 0.3) is 0 Å². The highest BCUT2D eigenvalue weighted by Gasteiger charge is 2.17. The number of hydrogen-bond acceptors (Lipinski definition) is 1. The molecule has 1 N–H and O–H groups in total. The van der Waals surface area contributed by atoms with Gasteiger partial charge in [0.05, 0.1) is 0 Å². The van der Waals surface area contributed by atoms with E-state index >= 15 is 0 Å². The van der Waals surface area contributed by atoms with Gasteiger partial charge in [-0.1, -0.05) is 31.7 Å². The van der Waals surface area contributed by atoms with Gasteiger partial charge < -0.3 is 5.32 Å². The molecule has 1 saturated heterocycles. The third-order valence-electron chi connectivity index (χ3n) is 2.28. The van der Waals surface area contributed by atoms with E-state index in [4.69, 9.17) is 0 Å². The summed E-state index contributed by atoms with van der Waals surface area (Å²) in [6.45, 7) is 7.10. The van der Waals surface area contributed by atoms with Gasteiger partial charge in [0.2, 0.25) is 0 Å². The van der Waals surface area contributed by atoms with Gasteiger partial charge in [-0.2, -0.15) is 0 Å². The fourth-order valence-corrected chi connectivity index (χ4v) is 1.55. The van der Waals surface area contributed by atoms with Gasteiger partial charge in [0.25, 0.3) is 0 Å². The van der Waals surface area contributed by atoms with Gasteiger partial charge in [0, 0.05) is 6.04 Å². The zero-order valence-electron chi connectivity index (χ0n) is 7.22. The zero-order valence-corrected chi connectivity index (χ0v) is 7.22. The van der Waals surface area contributed by atoms with Crippen molar-refractivity contribution >= 4 is 0 Å². The molecule has 0 spiro atoms. The van der Waals surface area contributed by atoms with Gasteiger partial charge in [0.15, 0.2) is 0 Å². The van der Waals surface area contributed by atoms with Crippen LogP contribution in [0.3, 0.4) is 0 Å². The molecule has 0 aromatic carbocycles. The predicted octanol–water partition coefficient (Wildman–Crippen LogP) is 2.12. The average molecular weight is 151 g/mol. The fraction of sp³-hybridized carbons (Fsp3) is 0.600. The largest absolute Gasteiger partial charge is 0.313 e. The predicted molar refractivity (Wildman–Crippen MR) is 49.5 cm³/mol. The van der Waals surface area contributed by atoms with Crippen LogP contribution in [-0.2, 0) is 0 Å². The zero-order chi connectivity index (χ0) is 8.10. The van der Waals surface area contributed by atoms with Crippen LogP contribution in [0.2, 0.25) is 0 Å². The van der Waals surface area contributed by atoms with Crippen molar-refractivity contribution in [3.8, 4) is 0 Å². The SMILES string of the molecule is C=CC=CC(C)C1CCCN1. The summed E-state index contributed by atoms with van der Waals surface area (Å²) in [5.74, 6) is 0.649. The second-order valence-corrected chi connectivity index (χ2v) is 3.18. The number of nitrogens with one attached hydrogen (secondary N) is 1. The quantitative estimate of drug-likeness (QED) is 0.609. The molecule has 0 bridgehead atoms. The summed E-state index contributed by atoms with van der Waals surface area (Å²) in [6, 6.07) is 0.700. The molecule has 2 atom stereocenters. The van der Waals surface area contributed by atoms with E-state index < -0.39 is 0 Å². The molecule has 62 valence electrons. The molecule has 11 heavy (non-hydrogen) atoms. The Morgan fingerprint density at radius 1 is 1.64 bits per heavy atom. The Morgan fingerprint density at radius 2 is 2.45 bits per heavy atom. The van der Waals surface area contributed by atoms with E-state index in [9.17, 15) is 0 Å². The van der Waals surface area contributed by atoms with E-state index in [0.29, 0.717) is 12.0 Å². The second kappa shape index (κ2) is 4.35. The van der Waals surface area contributed by atoms with Gasteiger partial charge >= 0.3 is 0 Å². The molecule has 1 nitrogen and oxygen atoms in total. The number of allylic oxidation sites excluding steroid dienone is 2. The highest BCUT2D eigenvalue weighted by Crippen LogP contribution is 2.15. The van der Waals surface area contributed by atoms with Crippen LogP contribution >= 0.6 is 0 Å². The fourth-order valence-electron chi connectivity index (χ4n) is 1.55. The van der Waals surface area contributed by atoms with E-state index in [-0.39, 0.29) is 0 Å². The summed E-state index contributed by atoms with van der Waals surface area (Å²) in [6.07, 6.45) is 8.74. The Hall–Kier alpha value is -0.560. The van der Waals surface area contributed by atoms with Gasteiger partial charge in [-0.15, -0.1) is 0 Å². The smallest absolute Gasteiger partial charge is 0.0128 e. The first-order valence-electron chi connectivity index (χ1n) is 4.37.